The van der Waals surface area contributed by atoms with Gasteiger partial charge in [-0.15, -0.1) is 0 Å². The summed E-state index contributed by atoms with van der Waals surface area (Å²) in [5, 5.41) is 20.9. The van der Waals surface area contributed by atoms with Crippen LogP contribution in [0.2, 0.25) is 0 Å². The number of nitrogens with one attached hydrogen (secondary N) is 1. The van der Waals surface area contributed by atoms with Crippen molar-refractivity contribution < 1.29 is 29.1 Å². The first-order valence-electron chi connectivity index (χ1n) is 11.0. The smallest absolute Gasteiger partial charge is 0.450 e. The zero-order valence-corrected chi connectivity index (χ0v) is 18.3. The molecule has 8 heteroatoms. The number of ether oxygens (including phenoxy) is 1. The predicted molar refractivity (Wildman–Crippen MR) is 122 cm³/mol. The number of hydrogen-bond donors (Lipinski definition) is 3. The number of hydrogen-bond acceptors (Lipinski definition) is 5. The minimum absolute atomic E-state index is 0.0317. The summed E-state index contributed by atoms with van der Waals surface area (Å²) in [7, 11) is 0. The lowest BCUT2D eigenvalue weighted by atomic mass is 9.96. The van der Waals surface area contributed by atoms with Gasteiger partial charge >= 0.3 is 12.2 Å². The van der Waals surface area contributed by atoms with E-state index in [0.29, 0.717) is 17.1 Å². The van der Waals surface area contributed by atoms with Crippen LogP contribution in [0.5, 0.6) is 0 Å². The molecule has 0 radical (unpaired) electrons. The molecule has 2 fully saturated rings. The summed E-state index contributed by atoms with van der Waals surface area (Å²) in [6.45, 7) is 1.78. The number of aryl methyl sites for hydroxylation is 1. The fourth-order valence-electron chi connectivity index (χ4n) is 3.67. The SMILES string of the molecule is Cc1onc(-c2ccc(-c3ccc(C4CC4)cc3)cc2)c1NC(=O)OC1CCC1.O=C(O)O. The van der Waals surface area contributed by atoms with Gasteiger partial charge < -0.3 is 19.5 Å². The summed E-state index contributed by atoms with van der Waals surface area (Å²) in [6.07, 6.45) is 3.37. The lowest BCUT2D eigenvalue weighted by molar-refractivity contribution is 0.0623. The summed E-state index contributed by atoms with van der Waals surface area (Å²) >= 11 is 0. The summed E-state index contributed by atoms with van der Waals surface area (Å²) in [6, 6.07) is 17.0. The van der Waals surface area contributed by atoms with Crippen LogP contribution in [-0.4, -0.2) is 33.7 Å². The molecule has 2 aliphatic carbocycles. The van der Waals surface area contributed by atoms with Crippen LogP contribution in [0.15, 0.2) is 53.1 Å². The monoisotopic (exact) mass is 450 g/mol. The number of benzene rings is 2. The normalized spacial score (nSPS) is 15.1. The Bertz CT molecular complexity index is 1110. The van der Waals surface area contributed by atoms with Crippen LogP contribution < -0.4 is 5.32 Å². The van der Waals surface area contributed by atoms with Gasteiger partial charge in [0.2, 0.25) is 0 Å². The first-order chi connectivity index (χ1) is 15.9. The zero-order valence-electron chi connectivity index (χ0n) is 18.3. The molecule has 2 saturated carbocycles. The predicted octanol–water partition coefficient (Wildman–Crippen LogP) is 6.52. The molecule has 1 amide bonds. The van der Waals surface area contributed by atoms with Crippen molar-refractivity contribution in [3.05, 3.63) is 59.9 Å². The van der Waals surface area contributed by atoms with E-state index in [1.54, 1.807) is 6.92 Å². The van der Waals surface area contributed by atoms with E-state index in [1.165, 1.54) is 24.0 Å². The standard InChI is InChI=1S/C24H24N2O3.CH2O3/c1-15-22(25-24(27)28-21-3-2-4-21)23(26-29-15)20-13-11-19(12-14-20)18-9-7-17(8-10-18)16-5-6-16;2-1(3)4/h7-14,16,21H,2-6H2,1H3,(H,25,27);(H2,2,3,4). The van der Waals surface area contributed by atoms with Gasteiger partial charge in [0.15, 0.2) is 5.76 Å². The fourth-order valence-corrected chi connectivity index (χ4v) is 3.67. The number of carbonyl (C=O) groups excluding carboxylic acids is 1. The van der Waals surface area contributed by atoms with Crippen LogP contribution in [-0.2, 0) is 4.74 Å². The highest BCUT2D eigenvalue weighted by molar-refractivity contribution is 5.91. The van der Waals surface area contributed by atoms with Crippen LogP contribution in [0.3, 0.4) is 0 Å². The van der Waals surface area contributed by atoms with Gasteiger partial charge in [-0.05, 0) is 61.6 Å². The summed E-state index contributed by atoms with van der Waals surface area (Å²) < 4.78 is 10.7. The molecule has 3 aromatic rings. The van der Waals surface area contributed by atoms with Gasteiger partial charge in [-0.3, -0.25) is 5.32 Å². The molecular formula is C25H26N2O6. The molecule has 1 heterocycles. The van der Waals surface area contributed by atoms with E-state index < -0.39 is 12.2 Å². The van der Waals surface area contributed by atoms with E-state index in [-0.39, 0.29) is 6.10 Å². The third-order valence-corrected chi connectivity index (χ3v) is 5.87. The van der Waals surface area contributed by atoms with Crippen molar-refractivity contribution in [3.63, 3.8) is 0 Å². The van der Waals surface area contributed by atoms with Crippen molar-refractivity contribution in [2.45, 2.75) is 51.0 Å². The van der Waals surface area contributed by atoms with Gasteiger partial charge in [0.1, 0.15) is 17.5 Å². The van der Waals surface area contributed by atoms with E-state index in [9.17, 15) is 4.79 Å². The van der Waals surface area contributed by atoms with E-state index in [0.717, 1.165) is 36.3 Å². The quantitative estimate of drug-likeness (QED) is 0.404. The molecule has 0 aliphatic heterocycles. The van der Waals surface area contributed by atoms with Crippen LogP contribution in [0.4, 0.5) is 15.3 Å². The minimum atomic E-state index is -1.83. The maximum atomic E-state index is 12.2. The average Bonchev–Trinajstić information content (AvgIpc) is 3.55. The van der Waals surface area contributed by atoms with Gasteiger partial charge in [-0.2, -0.15) is 0 Å². The highest BCUT2D eigenvalue weighted by atomic mass is 16.6. The number of amides is 1. The highest BCUT2D eigenvalue weighted by Gasteiger charge is 2.24. The Balaban J connectivity index is 0.000000601. The van der Waals surface area contributed by atoms with Crippen LogP contribution >= 0.6 is 0 Å². The van der Waals surface area contributed by atoms with Crippen LogP contribution in [0.25, 0.3) is 22.4 Å². The molecule has 0 saturated heterocycles. The number of carboxylic acid groups (broad SMARTS) is 2. The third kappa shape index (κ3) is 5.71. The zero-order chi connectivity index (χ0) is 23.4. The van der Waals surface area contributed by atoms with Crippen molar-refractivity contribution in [2.75, 3.05) is 5.32 Å². The van der Waals surface area contributed by atoms with Crippen molar-refractivity contribution in [2.24, 2.45) is 0 Å². The molecule has 0 atom stereocenters. The van der Waals surface area contributed by atoms with Gasteiger partial charge in [-0.1, -0.05) is 53.7 Å². The maximum absolute atomic E-state index is 12.2. The second-order valence-electron chi connectivity index (χ2n) is 8.30. The van der Waals surface area contributed by atoms with Gasteiger partial charge in [-0.25, -0.2) is 9.59 Å². The van der Waals surface area contributed by atoms with Crippen molar-refractivity contribution in [3.8, 4) is 22.4 Å². The molecule has 1 aromatic heterocycles. The van der Waals surface area contributed by atoms with Gasteiger partial charge in [0.05, 0.1) is 0 Å². The fraction of sp³-hybridized carbons (Fsp3) is 0.320. The van der Waals surface area contributed by atoms with Crippen molar-refractivity contribution in [1.29, 1.82) is 0 Å². The second kappa shape index (κ2) is 9.77. The molecule has 172 valence electrons. The van der Waals surface area contributed by atoms with E-state index in [1.807, 2.05) is 12.1 Å². The van der Waals surface area contributed by atoms with Gasteiger partial charge in [0, 0.05) is 5.56 Å². The molecule has 2 aromatic carbocycles. The minimum Gasteiger partial charge on any atom is -0.450 e. The molecule has 0 bridgehead atoms. The van der Waals surface area contributed by atoms with Crippen LogP contribution in [0, 0.1) is 6.92 Å². The Morgan fingerprint density at radius 2 is 1.48 bits per heavy atom. The lowest BCUT2D eigenvalue weighted by Crippen LogP contribution is -2.27. The Morgan fingerprint density at radius 3 is 2.00 bits per heavy atom. The molecule has 3 N–H and O–H groups in total. The topological polar surface area (TPSA) is 122 Å². The molecule has 2 aliphatic rings. The Morgan fingerprint density at radius 1 is 0.939 bits per heavy atom. The number of carbonyl (C=O) groups is 2. The van der Waals surface area contributed by atoms with E-state index >= 15 is 0 Å². The Kier molecular flexibility index (Phi) is 6.63. The average molecular weight is 450 g/mol. The first-order valence-corrected chi connectivity index (χ1v) is 11.0. The highest BCUT2D eigenvalue weighted by Crippen LogP contribution is 2.40. The molecule has 0 unspecified atom stereocenters. The van der Waals surface area contributed by atoms with E-state index in [2.05, 4.69) is 46.9 Å². The summed E-state index contributed by atoms with van der Waals surface area (Å²) in [5.41, 5.74) is 5.85. The number of anilines is 1. The van der Waals surface area contributed by atoms with Crippen molar-refractivity contribution >= 4 is 17.9 Å². The lowest BCUT2D eigenvalue weighted by Gasteiger charge is -2.25. The van der Waals surface area contributed by atoms with Gasteiger partial charge in [0.25, 0.3) is 0 Å². The Hall–Kier alpha value is -3.81. The van der Waals surface area contributed by atoms with Crippen molar-refractivity contribution in [1.82, 2.24) is 5.16 Å². The largest absolute Gasteiger partial charge is 0.503 e. The molecular weight excluding hydrogens is 424 g/mol. The number of rotatable bonds is 5. The molecule has 5 rings (SSSR count). The third-order valence-electron chi connectivity index (χ3n) is 5.87. The van der Waals surface area contributed by atoms with E-state index in [4.69, 9.17) is 24.3 Å². The number of aromatic nitrogens is 1. The second-order valence-corrected chi connectivity index (χ2v) is 8.30. The molecule has 33 heavy (non-hydrogen) atoms. The summed E-state index contributed by atoms with van der Waals surface area (Å²) in [5.74, 6) is 1.33. The maximum Gasteiger partial charge on any atom is 0.503 e. The molecule has 8 nitrogen and oxygen atoms in total. The Labute approximate surface area is 191 Å². The molecule has 0 spiro atoms. The first kappa shape index (κ1) is 22.4. The number of nitrogens with zero attached hydrogens (tertiary/aromatic N) is 1. The summed E-state index contributed by atoms with van der Waals surface area (Å²) in [4.78, 5) is 20.7. The van der Waals surface area contributed by atoms with Crippen LogP contribution in [0.1, 0.15) is 49.3 Å².